The third-order valence-electron chi connectivity index (χ3n) is 4.41. The predicted molar refractivity (Wildman–Crippen MR) is 82.6 cm³/mol. The highest BCUT2D eigenvalue weighted by Crippen LogP contribution is 2.29. The number of aromatic nitrogens is 2. The van der Waals surface area contributed by atoms with Crippen LogP contribution in [0.15, 0.2) is 12.4 Å². The molecule has 1 aromatic heterocycles. The minimum atomic E-state index is -3.42. The Bertz CT molecular complexity index is 579. The normalized spacial score (nSPS) is 32.2. The number of hydrogen-bond donors (Lipinski definition) is 1. The summed E-state index contributed by atoms with van der Waals surface area (Å²) >= 11 is 0. The standard InChI is InChI=1S/C14H24N4O3S/c1-11-8-18(9-12(2)21-11)22(19,20)17-5-3-4-13(10-17)14-6-15-16-7-14/h6-7,11-13H,3-5,8-10H2,1-2H3,(H,15,16)/t11-,12+,13-/m1/s1. The van der Waals surface area contributed by atoms with E-state index in [1.807, 2.05) is 20.0 Å². The van der Waals surface area contributed by atoms with Crippen molar-refractivity contribution in [3.63, 3.8) is 0 Å². The van der Waals surface area contributed by atoms with Gasteiger partial charge in [0, 0.05) is 38.3 Å². The number of piperidine rings is 1. The maximum absolute atomic E-state index is 12.9. The molecule has 0 aromatic carbocycles. The molecule has 8 heteroatoms. The van der Waals surface area contributed by atoms with Crippen LogP contribution < -0.4 is 0 Å². The summed E-state index contributed by atoms with van der Waals surface area (Å²) < 4.78 is 34.7. The third-order valence-corrected chi connectivity index (χ3v) is 6.35. The summed E-state index contributed by atoms with van der Waals surface area (Å²) in [5.74, 6) is 0.221. The number of H-pyrrole nitrogens is 1. The number of rotatable bonds is 3. The van der Waals surface area contributed by atoms with Crippen molar-refractivity contribution in [1.29, 1.82) is 0 Å². The Morgan fingerprint density at radius 1 is 1.23 bits per heavy atom. The van der Waals surface area contributed by atoms with Gasteiger partial charge in [-0.1, -0.05) is 0 Å². The van der Waals surface area contributed by atoms with Gasteiger partial charge < -0.3 is 4.74 Å². The first kappa shape index (κ1) is 15.9. The van der Waals surface area contributed by atoms with Crippen molar-refractivity contribution < 1.29 is 13.2 Å². The molecule has 2 aliphatic rings. The first-order valence-electron chi connectivity index (χ1n) is 7.86. The fourth-order valence-corrected chi connectivity index (χ4v) is 5.24. The molecule has 1 aromatic rings. The molecule has 0 radical (unpaired) electrons. The van der Waals surface area contributed by atoms with E-state index in [9.17, 15) is 8.42 Å². The van der Waals surface area contributed by atoms with Crippen LogP contribution in [0, 0.1) is 0 Å². The summed E-state index contributed by atoms with van der Waals surface area (Å²) in [6.07, 6.45) is 5.41. The van der Waals surface area contributed by atoms with Gasteiger partial charge in [-0.3, -0.25) is 5.10 Å². The average Bonchev–Trinajstić information content (AvgIpc) is 3.00. The molecule has 0 spiro atoms. The molecular formula is C14H24N4O3S. The molecule has 3 heterocycles. The Morgan fingerprint density at radius 3 is 2.59 bits per heavy atom. The van der Waals surface area contributed by atoms with Crippen LogP contribution in [0.4, 0.5) is 0 Å². The Morgan fingerprint density at radius 2 is 1.95 bits per heavy atom. The molecule has 0 unspecified atom stereocenters. The van der Waals surface area contributed by atoms with Crippen LogP contribution in [0.3, 0.4) is 0 Å². The molecule has 22 heavy (non-hydrogen) atoms. The molecule has 0 bridgehead atoms. The van der Waals surface area contributed by atoms with E-state index in [2.05, 4.69) is 10.2 Å². The topological polar surface area (TPSA) is 78.5 Å². The van der Waals surface area contributed by atoms with Crippen LogP contribution in [-0.2, 0) is 14.9 Å². The van der Waals surface area contributed by atoms with Gasteiger partial charge in [-0.15, -0.1) is 0 Å². The van der Waals surface area contributed by atoms with Crippen molar-refractivity contribution in [3.05, 3.63) is 18.0 Å². The van der Waals surface area contributed by atoms with Gasteiger partial charge in [-0.25, -0.2) is 0 Å². The number of nitrogens with zero attached hydrogens (tertiary/aromatic N) is 3. The van der Waals surface area contributed by atoms with Crippen molar-refractivity contribution in [2.75, 3.05) is 26.2 Å². The first-order valence-corrected chi connectivity index (χ1v) is 9.26. The third kappa shape index (κ3) is 3.19. The summed E-state index contributed by atoms with van der Waals surface area (Å²) in [7, 11) is -3.42. The van der Waals surface area contributed by atoms with E-state index < -0.39 is 10.2 Å². The van der Waals surface area contributed by atoms with Crippen LogP contribution in [0.1, 0.15) is 38.2 Å². The van der Waals surface area contributed by atoms with Crippen molar-refractivity contribution >= 4 is 10.2 Å². The van der Waals surface area contributed by atoms with E-state index in [-0.39, 0.29) is 18.1 Å². The van der Waals surface area contributed by atoms with E-state index in [0.717, 1.165) is 18.4 Å². The lowest BCUT2D eigenvalue weighted by atomic mass is 9.94. The zero-order valence-corrected chi connectivity index (χ0v) is 13.9. The highest BCUT2D eigenvalue weighted by molar-refractivity contribution is 7.86. The predicted octanol–water partition coefficient (Wildman–Crippen LogP) is 0.943. The lowest BCUT2D eigenvalue weighted by molar-refractivity contribution is -0.0456. The van der Waals surface area contributed by atoms with Gasteiger partial charge in [-0.05, 0) is 32.3 Å². The highest BCUT2D eigenvalue weighted by Gasteiger charge is 2.37. The molecule has 0 amide bonds. The van der Waals surface area contributed by atoms with Crippen LogP contribution in [0.25, 0.3) is 0 Å². The summed E-state index contributed by atoms with van der Waals surface area (Å²) in [5, 5.41) is 6.79. The minimum absolute atomic E-state index is 0.0620. The first-order chi connectivity index (χ1) is 10.5. The Labute approximate surface area is 131 Å². The maximum atomic E-state index is 12.9. The van der Waals surface area contributed by atoms with Crippen molar-refractivity contribution in [1.82, 2.24) is 18.8 Å². The van der Waals surface area contributed by atoms with Gasteiger partial charge in [0.05, 0.1) is 18.4 Å². The molecule has 3 rings (SSSR count). The molecule has 0 aliphatic carbocycles. The molecule has 3 atom stereocenters. The number of hydrogen-bond acceptors (Lipinski definition) is 4. The van der Waals surface area contributed by atoms with Crippen molar-refractivity contribution in [2.45, 2.75) is 44.8 Å². The molecule has 2 saturated heterocycles. The second-order valence-electron chi connectivity index (χ2n) is 6.31. The van der Waals surface area contributed by atoms with E-state index in [4.69, 9.17) is 4.74 Å². The van der Waals surface area contributed by atoms with E-state index >= 15 is 0 Å². The summed E-state index contributed by atoms with van der Waals surface area (Å²) in [5.41, 5.74) is 1.09. The summed E-state index contributed by atoms with van der Waals surface area (Å²) in [4.78, 5) is 0. The number of aromatic amines is 1. The Hall–Kier alpha value is -0.960. The van der Waals surface area contributed by atoms with Gasteiger partial charge in [0.25, 0.3) is 10.2 Å². The Kier molecular flexibility index (Phi) is 4.54. The van der Waals surface area contributed by atoms with E-state index in [1.165, 1.54) is 0 Å². The van der Waals surface area contributed by atoms with Gasteiger partial charge in [0.1, 0.15) is 0 Å². The van der Waals surface area contributed by atoms with E-state index in [1.54, 1.807) is 14.8 Å². The van der Waals surface area contributed by atoms with Crippen LogP contribution in [-0.4, -0.2) is 65.6 Å². The monoisotopic (exact) mass is 328 g/mol. The maximum Gasteiger partial charge on any atom is 0.282 e. The smallest absolute Gasteiger partial charge is 0.282 e. The van der Waals surface area contributed by atoms with Crippen LogP contribution in [0.2, 0.25) is 0 Å². The van der Waals surface area contributed by atoms with Gasteiger partial charge in [-0.2, -0.15) is 22.1 Å². The van der Waals surface area contributed by atoms with Gasteiger partial charge in [0.2, 0.25) is 0 Å². The average molecular weight is 328 g/mol. The Balaban J connectivity index is 1.74. The molecule has 1 N–H and O–H groups in total. The lowest BCUT2D eigenvalue weighted by Gasteiger charge is -2.39. The van der Waals surface area contributed by atoms with Gasteiger partial charge >= 0.3 is 0 Å². The molecule has 124 valence electrons. The summed E-state index contributed by atoms with van der Waals surface area (Å²) in [6, 6.07) is 0. The number of nitrogens with one attached hydrogen (secondary N) is 1. The molecular weight excluding hydrogens is 304 g/mol. The largest absolute Gasteiger partial charge is 0.373 e. The minimum Gasteiger partial charge on any atom is -0.373 e. The fraction of sp³-hybridized carbons (Fsp3) is 0.786. The lowest BCUT2D eigenvalue weighted by Crippen LogP contribution is -2.54. The zero-order chi connectivity index (χ0) is 15.7. The number of morpholine rings is 1. The van der Waals surface area contributed by atoms with Gasteiger partial charge in [0.15, 0.2) is 0 Å². The van der Waals surface area contributed by atoms with Crippen molar-refractivity contribution in [2.24, 2.45) is 0 Å². The SMILES string of the molecule is C[C@@H]1CN(S(=O)(=O)N2CCC[C@@H](c3cn[nH]c3)C2)C[C@H](C)O1. The zero-order valence-electron chi connectivity index (χ0n) is 13.1. The van der Waals surface area contributed by atoms with Crippen LogP contribution in [0.5, 0.6) is 0 Å². The molecule has 2 fully saturated rings. The fourth-order valence-electron chi connectivity index (χ4n) is 3.39. The molecule has 0 saturated carbocycles. The molecule has 7 nitrogen and oxygen atoms in total. The number of ether oxygens (including phenoxy) is 1. The quantitative estimate of drug-likeness (QED) is 0.896. The van der Waals surface area contributed by atoms with Crippen molar-refractivity contribution in [3.8, 4) is 0 Å². The van der Waals surface area contributed by atoms with E-state index in [0.29, 0.717) is 26.2 Å². The summed E-state index contributed by atoms with van der Waals surface area (Å²) in [6.45, 7) is 5.82. The second-order valence-corrected chi connectivity index (χ2v) is 8.24. The second kappa shape index (κ2) is 6.27. The molecule has 2 aliphatic heterocycles. The van der Waals surface area contributed by atoms with Crippen LogP contribution >= 0.6 is 0 Å². The highest BCUT2D eigenvalue weighted by atomic mass is 32.2.